The summed E-state index contributed by atoms with van der Waals surface area (Å²) in [6.07, 6.45) is -5.76. The van der Waals surface area contributed by atoms with Crippen LogP contribution in [-0.4, -0.2) is 49.1 Å². The lowest BCUT2D eigenvalue weighted by molar-refractivity contribution is -0.260. The summed E-state index contributed by atoms with van der Waals surface area (Å²) in [5.41, 5.74) is 3.23. The van der Waals surface area contributed by atoms with Crippen molar-refractivity contribution >= 4 is 28.9 Å². The second-order valence-corrected chi connectivity index (χ2v) is 15.8. The molecule has 1 fully saturated rings. The van der Waals surface area contributed by atoms with Crippen molar-refractivity contribution in [2.24, 2.45) is 0 Å². The minimum atomic E-state index is -1.61. The van der Waals surface area contributed by atoms with Crippen LogP contribution < -0.4 is 29.1 Å². The fraction of sp³-hybridized carbons (Fsp3) is 0.222. The molecule has 0 spiro atoms. The molecule has 1 aromatic heterocycles. The summed E-state index contributed by atoms with van der Waals surface area (Å²) in [6.45, 7) is 3.76. The number of rotatable bonds is 18. The van der Waals surface area contributed by atoms with Crippen LogP contribution in [0.5, 0.6) is 28.7 Å². The molecule has 14 heteroatoms. The van der Waals surface area contributed by atoms with Gasteiger partial charge in [0.05, 0.1) is 6.61 Å². The molecule has 0 bridgehead atoms. The fourth-order valence-corrected chi connectivity index (χ4v) is 7.49. The van der Waals surface area contributed by atoms with Crippen molar-refractivity contribution in [3.63, 3.8) is 0 Å². The van der Waals surface area contributed by atoms with Crippen LogP contribution in [0, 0.1) is 0 Å². The van der Waals surface area contributed by atoms with Crippen molar-refractivity contribution in [1.82, 2.24) is 0 Å². The Morgan fingerprint density at radius 1 is 0.529 bits per heavy atom. The minimum Gasteiger partial charge on any atom is -0.489 e. The summed E-state index contributed by atoms with van der Waals surface area (Å²) in [7, 11) is 0. The first-order chi connectivity index (χ1) is 33.1. The van der Waals surface area contributed by atoms with Crippen molar-refractivity contribution in [2.45, 2.75) is 71.8 Å². The van der Waals surface area contributed by atoms with Crippen LogP contribution in [-0.2, 0) is 59.8 Å². The molecule has 0 radical (unpaired) electrons. The monoisotopic (exact) mass is 920 g/mol. The van der Waals surface area contributed by atoms with Crippen LogP contribution >= 0.6 is 0 Å². The van der Waals surface area contributed by atoms with Gasteiger partial charge in [-0.3, -0.25) is 19.2 Å². The lowest BCUT2D eigenvalue weighted by atomic mass is 10.0. The molecule has 348 valence electrons. The van der Waals surface area contributed by atoms with Gasteiger partial charge in [-0.15, -0.1) is 0 Å². The maximum Gasteiger partial charge on any atom is 0.303 e. The average molecular weight is 921 g/mol. The lowest BCUT2D eigenvalue weighted by Crippen LogP contribution is -2.59. The number of benzene rings is 6. The molecule has 0 saturated carbocycles. The molecule has 1 aliphatic heterocycles. The molecule has 1 aliphatic rings. The summed E-state index contributed by atoms with van der Waals surface area (Å²) >= 11 is 0. The minimum absolute atomic E-state index is 0.00993. The van der Waals surface area contributed by atoms with Crippen molar-refractivity contribution in [3.05, 3.63) is 184 Å². The molecule has 2 heterocycles. The third-order valence-electron chi connectivity index (χ3n) is 10.6. The highest BCUT2D eigenvalue weighted by molar-refractivity contribution is 5.89. The largest absolute Gasteiger partial charge is 0.489 e. The van der Waals surface area contributed by atoms with Crippen molar-refractivity contribution in [3.8, 4) is 40.1 Å². The third-order valence-corrected chi connectivity index (χ3v) is 10.6. The highest BCUT2D eigenvalue weighted by Crippen LogP contribution is 2.41. The van der Waals surface area contributed by atoms with Gasteiger partial charge in [-0.1, -0.05) is 121 Å². The maximum atomic E-state index is 15.4. The zero-order valence-electron chi connectivity index (χ0n) is 37.5. The third kappa shape index (κ3) is 11.8. The standard InChI is InChI=1S/C54H48O14/c1-34(55)64-47-33-63-54(53(66-36(3)57)51(47)65-35(2)56)68-52-49(58)48-45(62-32-40-22-14-7-15-23-40)27-42(59-29-37-16-8-4-9-17-37)28-46(48)67-50(52)41-24-25-43(60-30-38-18-10-5-11-19-38)44(26-41)61-31-39-20-12-6-13-21-39/h4-28,47,51,53-54H,29-33H2,1-3H3/t47-,51-,53+,54-/m0/s1. The average Bonchev–Trinajstić information content (AvgIpc) is 3.34. The van der Waals surface area contributed by atoms with Crippen LogP contribution in [0.3, 0.4) is 0 Å². The fourth-order valence-electron chi connectivity index (χ4n) is 7.49. The quantitative estimate of drug-likeness (QED) is 0.0591. The van der Waals surface area contributed by atoms with Crippen LogP contribution in [0.25, 0.3) is 22.3 Å². The molecule has 4 atom stereocenters. The number of hydrogen-bond donors (Lipinski definition) is 0. The Morgan fingerprint density at radius 2 is 1.01 bits per heavy atom. The van der Waals surface area contributed by atoms with Gasteiger partial charge in [0, 0.05) is 38.5 Å². The van der Waals surface area contributed by atoms with Gasteiger partial charge in [-0.2, -0.15) is 0 Å². The lowest BCUT2D eigenvalue weighted by Gasteiger charge is -2.40. The van der Waals surface area contributed by atoms with E-state index in [0.29, 0.717) is 22.8 Å². The summed E-state index contributed by atoms with van der Waals surface area (Å²) in [5.74, 6) is -1.57. The molecule has 0 amide bonds. The summed E-state index contributed by atoms with van der Waals surface area (Å²) in [4.78, 5) is 52.7. The Hall–Kier alpha value is -8.10. The normalized spacial score (nSPS) is 16.5. The Morgan fingerprint density at radius 3 is 1.54 bits per heavy atom. The van der Waals surface area contributed by atoms with E-state index >= 15 is 4.79 Å². The van der Waals surface area contributed by atoms with E-state index in [-0.39, 0.29) is 61.3 Å². The number of fused-ring (bicyclic) bond motifs is 1. The predicted octanol–water partition coefficient (Wildman–Crippen LogP) is 9.31. The first kappa shape index (κ1) is 46.4. The van der Waals surface area contributed by atoms with Gasteiger partial charge in [0.2, 0.25) is 23.6 Å². The van der Waals surface area contributed by atoms with Crippen molar-refractivity contribution in [1.29, 1.82) is 0 Å². The summed E-state index contributed by atoms with van der Waals surface area (Å²) < 4.78 is 61.4. The van der Waals surface area contributed by atoms with E-state index < -0.39 is 47.9 Å². The first-order valence-corrected chi connectivity index (χ1v) is 21.8. The van der Waals surface area contributed by atoms with Crippen molar-refractivity contribution < 1.29 is 61.4 Å². The molecule has 14 nitrogen and oxygen atoms in total. The smallest absolute Gasteiger partial charge is 0.303 e. The highest BCUT2D eigenvalue weighted by atomic mass is 16.7. The van der Waals surface area contributed by atoms with Crippen LogP contribution in [0.15, 0.2) is 161 Å². The Kier molecular flexibility index (Phi) is 15.0. The topological polar surface area (TPSA) is 164 Å². The zero-order chi connectivity index (χ0) is 47.4. The number of ether oxygens (including phenoxy) is 9. The summed E-state index contributed by atoms with van der Waals surface area (Å²) in [6, 6.07) is 46.4. The molecule has 8 rings (SSSR count). The number of esters is 3. The second kappa shape index (κ2) is 21.9. The maximum absolute atomic E-state index is 15.4. The van der Waals surface area contributed by atoms with E-state index in [4.69, 9.17) is 47.0 Å². The van der Waals surface area contributed by atoms with Gasteiger partial charge in [0.1, 0.15) is 48.9 Å². The molecule has 68 heavy (non-hydrogen) atoms. The second-order valence-electron chi connectivity index (χ2n) is 15.8. The predicted molar refractivity (Wildman–Crippen MR) is 248 cm³/mol. The van der Waals surface area contributed by atoms with E-state index in [1.54, 1.807) is 30.3 Å². The van der Waals surface area contributed by atoms with Crippen LogP contribution in [0.1, 0.15) is 43.0 Å². The van der Waals surface area contributed by atoms with Gasteiger partial charge in [-0.05, 0) is 40.5 Å². The van der Waals surface area contributed by atoms with E-state index in [2.05, 4.69) is 0 Å². The van der Waals surface area contributed by atoms with E-state index in [1.165, 1.54) is 6.92 Å². The van der Waals surface area contributed by atoms with E-state index in [9.17, 15) is 14.4 Å². The Bertz CT molecular complexity index is 2890. The number of hydrogen-bond acceptors (Lipinski definition) is 14. The Labute approximate surface area is 391 Å². The van der Waals surface area contributed by atoms with Crippen molar-refractivity contribution in [2.75, 3.05) is 6.61 Å². The molecule has 7 aromatic rings. The van der Waals surface area contributed by atoms with Crippen LogP contribution in [0.2, 0.25) is 0 Å². The van der Waals surface area contributed by atoms with E-state index in [1.807, 2.05) is 121 Å². The Balaban J connectivity index is 1.28. The SMILES string of the molecule is CC(=O)O[C@@H]1[C@@H](OC(C)=O)[C@H](Oc2c(-c3ccc(OCc4ccccc4)c(OCc4ccccc4)c3)oc3cc(OCc4ccccc4)cc(OCc4ccccc4)c3c2=O)OC[C@@H]1OC(C)=O. The molecule has 1 saturated heterocycles. The molecule has 6 aromatic carbocycles. The molecular weight excluding hydrogens is 873 g/mol. The molecule has 0 aliphatic carbocycles. The summed E-state index contributed by atoms with van der Waals surface area (Å²) in [5, 5.41) is -0.00993. The van der Waals surface area contributed by atoms with E-state index in [0.717, 1.165) is 36.1 Å². The van der Waals surface area contributed by atoms with Crippen LogP contribution in [0.4, 0.5) is 0 Å². The molecular formula is C54H48O14. The number of carbonyl (C=O) groups is 3. The molecule has 0 N–H and O–H groups in total. The van der Waals surface area contributed by atoms with Gasteiger partial charge < -0.3 is 47.0 Å². The molecule has 0 unspecified atom stereocenters. The van der Waals surface area contributed by atoms with Gasteiger partial charge in [0.15, 0.2) is 29.5 Å². The first-order valence-electron chi connectivity index (χ1n) is 21.8. The van der Waals surface area contributed by atoms with Gasteiger partial charge in [-0.25, -0.2) is 0 Å². The number of carbonyl (C=O) groups excluding carboxylic acids is 3. The highest BCUT2D eigenvalue weighted by Gasteiger charge is 2.49. The zero-order valence-corrected chi connectivity index (χ0v) is 37.5. The van der Waals surface area contributed by atoms with Gasteiger partial charge >= 0.3 is 17.9 Å². The van der Waals surface area contributed by atoms with Gasteiger partial charge in [0.25, 0.3) is 0 Å².